The van der Waals surface area contributed by atoms with Crippen molar-refractivity contribution in [1.29, 1.82) is 0 Å². The third kappa shape index (κ3) is 3.63. The van der Waals surface area contributed by atoms with Crippen LogP contribution in [0.4, 0.5) is 0 Å². The molecule has 0 fully saturated rings. The zero-order chi connectivity index (χ0) is 17.1. The molecular weight excluding hydrogens is 300 g/mol. The van der Waals surface area contributed by atoms with Gasteiger partial charge in [0.05, 0.1) is 5.69 Å². The fourth-order valence-corrected chi connectivity index (χ4v) is 2.11. The van der Waals surface area contributed by atoms with Crippen LogP contribution in [0.5, 0.6) is 0 Å². The van der Waals surface area contributed by atoms with E-state index in [-0.39, 0.29) is 5.69 Å². The number of aromatic carboxylic acids is 1. The summed E-state index contributed by atoms with van der Waals surface area (Å²) >= 11 is 0. The minimum atomic E-state index is -1.42. The molecule has 0 aliphatic carbocycles. The lowest BCUT2D eigenvalue weighted by atomic mass is 10.0. The molecule has 0 atom stereocenters. The van der Waals surface area contributed by atoms with Gasteiger partial charge in [0.15, 0.2) is 0 Å². The number of carboxylic acid groups (broad SMARTS) is 2. The fraction of sp³-hybridized carbons (Fsp3) is 0.250. The van der Waals surface area contributed by atoms with Gasteiger partial charge in [-0.1, -0.05) is 38.1 Å². The zero-order valence-electron chi connectivity index (χ0n) is 12.7. The van der Waals surface area contributed by atoms with E-state index in [0.29, 0.717) is 16.2 Å². The Labute approximate surface area is 131 Å². The summed E-state index contributed by atoms with van der Waals surface area (Å²) in [6.45, 7) is 3.39. The molecule has 0 saturated heterocycles. The van der Waals surface area contributed by atoms with E-state index in [2.05, 4.69) is 5.10 Å². The Balaban J connectivity index is 2.57. The number of benzene rings is 1. The highest BCUT2D eigenvalue weighted by Gasteiger charge is 2.17. The largest absolute Gasteiger partial charge is 0.480 e. The predicted molar refractivity (Wildman–Crippen MR) is 82.6 cm³/mol. The van der Waals surface area contributed by atoms with Crippen molar-refractivity contribution in [3.63, 3.8) is 0 Å². The highest BCUT2D eigenvalue weighted by Crippen LogP contribution is 2.21. The van der Waals surface area contributed by atoms with E-state index in [9.17, 15) is 14.4 Å². The first-order valence-electron chi connectivity index (χ1n) is 6.97. The normalized spacial score (nSPS) is 10.7. The second-order valence-corrected chi connectivity index (χ2v) is 5.38. The Morgan fingerprint density at radius 1 is 1.17 bits per heavy atom. The van der Waals surface area contributed by atoms with Gasteiger partial charge >= 0.3 is 11.9 Å². The van der Waals surface area contributed by atoms with E-state index in [0.717, 1.165) is 11.6 Å². The Morgan fingerprint density at radius 3 is 2.26 bits per heavy atom. The van der Waals surface area contributed by atoms with Crippen LogP contribution in [0.2, 0.25) is 0 Å². The first kappa shape index (κ1) is 16.4. The Morgan fingerprint density at radius 2 is 1.78 bits per heavy atom. The monoisotopic (exact) mass is 316 g/mol. The van der Waals surface area contributed by atoms with Gasteiger partial charge in [-0.3, -0.25) is 9.59 Å². The van der Waals surface area contributed by atoms with E-state index in [1.807, 2.05) is 26.0 Å². The van der Waals surface area contributed by atoms with Gasteiger partial charge in [0.1, 0.15) is 12.1 Å². The van der Waals surface area contributed by atoms with Crippen LogP contribution in [0.15, 0.2) is 35.1 Å². The molecule has 0 spiro atoms. The lowest BCUT2D eigenvalue weighted by Gasteiger charge is -2.09. The summed E-state index contributed by atoms with van der Waals surface area (Å²) in [6.07, 6.45) is 0. The molecule has 2 aromatic rings. The van der Waals surface area contributed by atoms with Gasteiger partial charge in [-0.25, -0.2) is 9.48 Å². The molecule has 0 unspecified atom stereocenters. The summed E-state index contributed by atoms with van der Waals surface area (Å²) < 4.78 is 0.650. The number of nitrogens with zero attached hydrogens (tertiary/aromatic N) is 2. The fourth-order valence-electron chi connectivity index (χ4n) is 2.11. The molecule has 23 heavy (non-hydrogen) atoms. The van der Waals surface area contributed by atoms with Crippen LogP contribution in [0.1, 0.15) is 35.7 Å². The van der Waals surface area contributed by atoms with Gasteiger partial charge < -0.3 is 10.2 Å². The smallest absolute Gasteiger partial charge is 0.341 e. The number of carboxylic acids is 2. The molecule has 0 radical (unpaired) electrons. The minimum Gasteiger partial charge on any atom is -0.480 e. The summed E-state index contributed by atoms with van der Waals surface area (Å²) in [4.78, 5) is 33.9. The second kappa shape index (κ2) is 6.43. The Bertz CT molecular complexity index is 806. The first-order valence-corrected chi connectivity index (χ1v) is 6.97. The number of carbonyl (C=O) groups is 2. The lowest BCUT2D eigenvalue weighted by Crippen LogP contribution is -2.31. The summed E-state index contributed by atoms with van der Waals surface area (Å²) in [5.41, 5.74) is 0.493. The van der Waals surface area contributed by atoms with Gasteiger partial charge in [-0.15, -0.1) is 0 Å². The molecular formula is C16H16N2O5. The molecule has 1 heterocycles. The maximum Gasteiger partial charge on any atom is 0.341 e. The van der Waals surface area contributed by atoms with E-state index in [4.69, 9.17) is 10.2 Å². The molecule has 0 amide bonds. The van der Waals surface area contributed by atoms with Crippen LogP contribution in [0.25, 0.3) is 11.3 Å². The number of aliphatic carboxylic acids is 1. The summed E-state index contributed by atoms with van der Waals surface area (Å²) in [5.74, 6) is -2.35. The van der Waals surface area contributed by atoms with Crippen molar-refractivity contribution >= 4 is 11.9 Å². The van der Waals surface area contributed by atoms with Crippen molar-refractivity contribution in [2.45, 2.75) is 26.3 Å². The van der Waals surface area contributed by atoms with Crippen molar-refractivity contribution in [3.8, 4) is 11.3 Å². The third-order valence-corrected chi connectivity index (χ3v) is 3.36. The maximum absolute atomic E-state index is 11.9. The summed E-state index contributed by atoms with van der Waals surface area (Å²) in [7, 11) is 0. The van der Waals surface area contributed by atoms with Crippen molar-refractivity contribution in [3.05, 3.63) is 51.8 Å². The SMILES string of the molecule is CC(C)c1ccc(-c2cc(C(=O)O)c(=O)n(CC(=O)O)n2)cc1. The number of rotatable bonds is 5. The maximum atomic E-state index is 11.9. The molecule has 2 N–H and O–H groups in total. The molecule has 0 aliphatic rings. The highest BCUT2D eigenvalue weighted by atomic mass is 16.4. The van der Waals surface area contributed by atoms with Crippen molar-refractivity contribution in [2.24, 2.45) is 0 Å². The van der Waals surface area contributed by atoms with Gasteiger partial charge in [0, 0.05) is 5.56 Å². The van der Waals surface area contributed by atoms with Gasteiger partial charge in [0.2, 0.25) is 0 Å². The molecule has 0 saturated carbocycles. The first-order chi connectivity index (χ1) is 10.8. The molecule has 0 aliphatic heterocycles. The number of hydrogen-bond acceptors (Lipinski definition) is 4. The number of aromatic nitrogens is 2. The minimum absolute atomic E-state index is 0.235. The average molecular weight is 316 g/mol. The van der Waals surface area contributed by atoms with E-state index in [1.165, 1.54) is 0 Å². The van der Waals surface area contributed by atoms with Crippen LogP contribution >= 0.6 is 0 Å². The predicted octanol–water partition coefficient (Wildman–Crippen LogP) is 1.82. The topological polar surface area (TPSA) is 109 Å². The molecule has 2 rings (SSSR count). The molecule has 0 bridgehead atoms. The quantitative estimate of drug-likeness (QED) is 0.870. The van der Waals surface area contributed by atoms with Crippen LogP contribution in [0, 0.1) is 0 Å². The third-order valence-electron chi connectivity index (χ3n) is 3.36. The van der Waals surface area contributed by atoms with E-state index in [1.54, 1.807) is 12.1 Å². The van der Waals surface area contributed by atoms with Gasteiger partial charge in [-0.05, 0) is 17.5 Å². The molecule has 1 aromatic carbocycles. The molecule has 120 valence electrons. The van der Waals surface area contributed by atoms with Gasteiger partial charge in [0.25, 0.3) is 5.56 Å². The molecule has 7 nitrogen and oxygen atoms in total. The van der Waals surface area contributed by atoms with Crippen molar-refractivity contribution in [2.75, 3.05) is 0 Å². The van der Waals surface area contributed by atoms with Crippen molar-refractivity contribution in [1.82, 2.24) is 9.78 Å². The zero-order valence-corrected chi connectivity index (χ0v) is 12.7. The number of hydrogen-bond donors (Lipinski definition) is 2. The Kier molecular flexibility index (Phi) is 4.59. The standard InChI is InChI=1S/C16H16N2O5/c1-9(2)10-3-5-11(6-4-10)13-7-12(16(22)23)15(21)18(17-13)8-14(19)20/h3-7,9H,8H2,1-2H3,(H,19,20)(H,22,23). The Hall–Kier alpha value is -2.96. The van der Waals surface area contributed by atoms with E-state index < -0.39 is 29.6 Å². The van der Waals surface area contributed by atoms with Crippen LogP contribution < -0.4 is 5.56 Å². The van der Waals surface area contributed by atoms with Crippen LogP contribution in [-0.4, -0.2) is 31.9 Å². The second-order valence-electron chi connectivity index (χ2n) is 5.38. The van der Waals surface area contributed by atoms with Crippen LogP contribution in [-0.2, 0) is 11.3 Å². The van der Waals surface area contributed by atoms with Crippen molar-refractivity contribution < 1.29 is 19.8 Å². The molecule has 7 heteroatoms. The average Bonchev–Trinajstić information content (AvgIpc) is 2.48. The van der Waals surface area contributed by atoms with E-state index >= 15 is 0 Å². The van der Waals surface area contributed by atoms with Gasteiger partial charge in [-0.2, -0.15) is 5.10 Å². The molecule has 1 aromatic heterocycles. The summed E-state index contributed by atoms with van der Waals surface area (Å²) in [5, 5.41) is 21.9. The summed E-state index contributed by atoms with van der Waals surface area (Å²) in [6, 6.07) is 8.45. The lowest BCUT2D eigenvalue weighted by molar-refractivity contribution is -0.138. The highest BCUT2D eigenvalue weighted by molar-refractivity contribution is 5.88. The van der Waals surface area contributed by atoms with Crippen LogP contribution in [0.3, 0.4) is 0 Å².